The Labute approximate surface area is 127 Å². The summed E-state index contributed by atoms with van der Waals surface area (Å²) in [6.45, 7) is 0.538. The van der Waals surface area contributed by atoms with Crippen LogP contribution in [0.5, 0.6) is 5.75 Å². The summed E-state index contributed by atoms with van der Waals surface area (Å²) in [5.74, 6) is 0.833. The lowest BCUT2D eigenvalue weighted by Gasteiger charge is -2.07. The Hall–Kier alpha value is -1.81. The second-order valence-corrected chi connectivity index (χ2v) is 5.24. The van der Waals surface area contributed by atoms with Crippen LogP contribution in [0, 0.1) is 0 Å². The van der Waals surface area contributed by atoms with Gasteiger partial charge in [0.25, 0.3) is 0 Å². The summed E-state index contributed by atoms with van der Waals surface area (Å²) in [7, 11) is 0. The third-order valence-corrected chi connectivity index (χ3v) is 3.16. The van der Waals surface area contributed by atoms with Crippen molar-refractivity contribution in [3.8, 4) is 5.75 Å². The van der Waals surface area contributed by atoms with Crippen LogP contribution in [0.2, 0.25) is 0 Å². The molecule has 0 aliphatic carbocycles. The lowest BCUT2D eigenvalue weighted by Crippen LogP contribution is -2.12. The molecule has 20 heavy (non-hydrogen) atoms. The molecular weight excluding hydrogens is 318 g/mol. The maximum absolute atomic E-state index is 11.8. The highest BCUT2D eigenvalue weighted by molar-refractivity contribution is 9.10. The van der Waals surface area contributed by atoms with Crippen molar-refractivity contribution in [1.29, 1.82) is 0 Å². The van der Waals surface area contributed by atoms with E-state index in [0.717, 1.165) is 15.9 Å². The standard InChI is InChI=1S/C16H16BrNO2/c17-13-6-4-7-14(12-13)18-16(19)10-5-11-20-15-8-2-1-3-9-15/h1-4,6-9,12H,5,10-11H2,(H,18,19). The molecule has 4 heteroatoms. The number of benzene rings is 2. The molecular formula is C16H16BrNO2. The maximum Gasteiger partial charge on any atom is 0.224 e. The first-order chi connectivity index (χ1) is 9.74. The fourth-order valence-corrected chi connectivity index (χ4v) is 2.13. The number of ether oxygens (including phenoxy) is 1. The Morgan fingerprint density at radius 1 is 1.10 bits per heavy atom. The lowest BCUT2D eigenvalue weighted by molar-refractivity contribution is -0.116. The molecule has 0 saturated carbocycles. The number of para-hydroxylation sites is 1. The van der Waals surface area contributed by atoms with Crippen molar-refractivity contribution in [3.05, 3.63) is 59.1 Å². The number of hydrogen-bond donors (Lipinski definition) is 1. The van der Waals surface area contributed by atoms with Crippen LogP contribution in [0.3, 0.4) is 0 Å². The van der Waals surface area contributed by atoms with Gasteiger partial charge in [0.15, 0.2) is 0 Å². The van der Waals surface area contributed by atoms with Crippen molar-refractivity contribution in [1.82, 2.24) is 0 Å². The molecule has 1 amide bonds. The first kappa shape index (κ1) is 14.6. The largest absolute Gasteiger partial charge is 0.494 e. The zero-order valence-electron chi connectivity index (χ0n) is 11.0. The lowest BCUT2D eigenvalue weighted by atomic mass is 10.2. The molecule has 1 N–H and O–H groups in total. The monoisotopic (exact) mass is 333 g/mol. The Morgan fingerprint density at radius 3 is 2.65 bits per heavy atom. The van der Waals surface area contributed by atoms with E-state index in [9.17, 15) is 4.79 Å². The van der Waals surface area contributed by atoms with Gasteiger partial charge in [0.05, 0.1) is 6.61 Å². The number of anilines is 1. The van der Waals surface area contributed by atoms with Gasteiger partial charge in [-0.3, -0.25) is 4.79 Å². The highest BCUT2D eigenvalue weighted by atomic mass is 79.9. The van der Waals surface area contributed by atoms with Gasteiger partial charge in [0.2, 0.25) is 5.91 Å². The van der Waals surface area contributed by atoms with Crippen LogP contribution in [0.25, 0.3) is 0 Å². The van der Waals surface area contributed by atoms with Crippen molar-refractivity contribution in [3.63, 3.8) is 0 Å². The van der Waals surface area contributed by atoms with E-state index in [1.165, 1.54) is 0 Å². The zero-order chi connectivity index (χ0) is 14.2. The van der Waals surface area contributed by atoms with Crippen LogP contribution in [-0.4, -0.2) is 12.5 Å². The number of hydrogen-bond acceptors (Lipinski definition) is 2. The average Bonchev–Trinajstić information content (AvgIpc) is 2.45. The Kier molecular flexibility index (Phi) is 5.62. The molecule has 0 bridgehead atoms. The maximum atomic E-state index is 11.8. The van der Waals surface area contributed by atoms with Crippen molar-refractivity contribution in [2.45, 2.75) is 12.8 Å². The fraction of sp³-hybridized carbons (Fsp3) is 0.188. The van der Waals surface area contributed by atoms with Crippen LogP contribution in [0.1, 0.15) is 12.8 Å². The minimum Gasteiger partial charge on any atom is -0.494 e. The van der Waals surface area contributed by atoms with Gasteiger partial charge in [0, 0.05) is 16.6 Å². The SMILES string of the molecule is O=C(CCCOc1ccccc1)Nc1cccc(Br)c1. The fourth-order valence-electron chi connectivity index (χ4n) is 1.73. The van der Waals surface area contributed by atoms with E-state index < -0.39 is 0 Å². The van der Waals surface area contributed by atoms with Gasteiger partial charge in [-0.2, -0.15) is 0 Å². The van der Waals surface area contributed by atoms with Crippen LogP contribution in [0.4, 0.5) is 5.69 Å². The Balaban J connectivity index is 1.68. The van der Waals surface area contributed by atoms with Crippen molar-refractivity contribution < 1.29 is 9.53 Å². The van der Waals surface area contributed by atoms with E-state index in [-0.39, 0.29) is 5.91 Å². The number of nitrogens with one attached hydrogen (secondary N) is 1. The van der Waals surface area contributed by atoms with Crippen LogP contribution >= 0.6 is 15.9 Å². The molecule has 0 aliphatic rings. The van der Waals surface area contributed by atoms with E-state index in [1.54, 1.807) is 0 Å². The minimum atomic E-state index is -0.000221. The smallest absolute Gasteiger partial charge is 0.224 e. The molecule has 3 nitrogen and oxygen atoms in total. The molecule has 0 unspecified atom stereocenters. The van der Waals surface area contributed by atoms with Gasteiger partial charge in [-0.1, -0.05) is 40.2 Å². The number of halogens is 1. The number of carbonyl (C=O) groups excluding carboxylic acids is 1. The first-order valence-electron chi connectivity index (χ1n) is 6.47. The number of amides is 1. The van der Waals surface area contributed by atoms with Gasteiger partial charge in [0.1, 0.15) is 5.75 Å². The van der Waals surface area contributed by atoms with Crippen molar-refractivity contribution in [2.24, 2.45) is 0 Å². The summed E-state index contributed by atoms with van der Waals surface area (Å²) in [6, 6.07) is 17.1. The molecule has 0 heterocycles. The van der Waals surface area contributed by atoms with Crippen LogP contribution in [0.15, 0.2) is 59.1 Å². The molecule has 104 valence electrons. The van der Waals surface area contributed by atoms with Gasteiger partial charge in [-0.05, 0) is 36.8 Å². The van der Waals surface area contributed by atoms with Gasteiger partial charge in [-0.15, -0.1) is 0 Å². The van der Waals surface area contributed by atoms with Crippen molar-refractivity contribution >= 4 is 27.5 Å². The zero-order valence-corrected chi connectivity index (χ0v) is 12.6. The summed E-state index contributed by atoms with van der Waals surface area (Å²) < 4.78 is 6.49. The third-order valence-electron chi connectivity index (χ3n) is 2.67. The summed E-state index contributed by atoms with van der Waals surface area (Å²) >= 11 is 3.37. The first-order valence-corrected chi connectivity index (χ1v) is 7.26. The molecule has 0 fully saturated rings. The number of carbonyl (C=O) groups is 1. The molecule has 0 spiro atoms. The van der Waals surface area contributed by atoms with Gasteiger partial charge < -0.3 is 10.1 Å². The molecule has 2 aromatic rings. The summed E-state index contributed by atoms with van der Waals surface area (Å²) in [4.78, 5) is 11.8. The second-order valence-electron chi connectivity index (χ2n) is 4.32. The van der Waals surface area contributed by atoms with Gasteiger partial charge >= 0.3 is 0 Å². The normalized spacial score (nSPS) is 10.1. The quantitative estimate of drug-likeness (QED) is 0.802. The van der Waals surface area contributed by atoms with E-state index in [0.29, 0.717) is 19.4 Å². The van der Waals surface area contributed by atoms with E-state index in [4.69, 9.17) is 4.74 Å². The highest BCUT2D eigenvalue weighted by Gasteiger charge is 2.03. The predicted molar refractivity (Wildman–Crippen MR) is 83.9 cm³/mol. The van der Waals surface area contributed by atoms with Crippen LogP contribution < -0.4 is 10.1 Å². The molecule has 2 aromatic carbocycles. The molecule has 0 radical (unpaired) electrons. The molecule has 2 rings (SSSR count). The van der Waals surface area contributed by atoms with Crippen LogP contribution in [-0.2, 0) is 4.79 Å². The summed E-state index contributed by atoms with van der Waals surface area (Å²) in [6.07, 6.45) is 1.13. The highest BCUT2D eigenvalue weighted by Crippen LogP contribution is 2.16. The average molecular weight is 334 g/mol. The van der Waals surface area contributed by atoms with E-state index >= 15 is 0 Å². The van der Waals surface area contributed by atoms with E-state index in [2.05, 4.69) is 21.2 Å². The predicted octanol–water partition coefficient (Wildman–Crippen LogP) is 4.25. The number of rotatable bonds is 6. The minimum absolute atomic E-state index is 0.000221. The van der Waals surface area contributed by atoms with E-state index in [1.807, 2.05) is 54.6 Å². The Morgan fingerprint density at radius 2 is 1.90 bits per heavy atom. The molecule has 0 saturated heterocycles. The second kappa shape index (κ2) is 7.70. The molecule has 0 aromatic heterocycles. The summed E-state index contributed by atoms with van der Waals surface area (Å²) in [5.41, 5.74) is 0.799. The molecule has 0 atom stereocenters. The van der Waals surface area contributed by atoms with Gasteiger partial charge in [-0.25, -0.2) is 0 Å². The Bertz CT molecular complexity index is 557. The topological polar surface area (TPSA) is 38.3 Å². The summed E-state index contributed by atoms with van der Waals surface area (Å²) in [5, 5.41) is 2.86. The van der Waals surface area contributed by atoms with Crippen molar-refractivity contribution in [2.75, 3.05) is 11.9 Å². The molecule has 0 aliphatic heterocycles. The third kappa shape index (κ3) is 5.05.